The Morgan fingerprint density at radius 1 is 1.08 bits per heavy atom. The maximum Gasteiger partial charge on any atom is 0.0476 e. The van der Waals surface area contributed by atoms with Crippen molar-refractivity contribution in [2.45, 2.75) is 36.9 Å². The van der Waals surface area contributed by atoms with Crippen molar-refractivity contribution in [2.24, 2.45) is 0 Å². The zero-order valence-corrected chi connectivity index (χ0v) is 12.0. The predicted octanol–water partition coefficient (Wildman–Crippen LogP) is 4.52. The highest BCUT2D eigenvalue weighted by Crippen LogP contribution is 2.55. The average molecular weight is 406 g/mol. The molecule has 1 aliphatic carbocycles. The van der Waals surface area contributed by atoms with E-state index in [2.05, 4.69) is 56.9 Å². The lowest BCUT2D eigenvalue weighted by Crippen LogP contribution is -2.25. The van der Waals surface area contributed by atoms with E-state index in [0.29, 0.717) is 4.75 Å². The molecule has 0 nitrogen and oxygen atoms in total. The van der Waals surface area contributed by atoms with E-state index < -0.39 is 0 Å². The summed E-state index contributed by atoms with van der Waals surface area (Å²) in [4.78, 5) is 0. The molecule has 2 aliphatic rings. The first-order chi connectivity index (χ1) is 5.75. The lowest BCUT2D eigenvalue weighted by atomic mass is 9.88. The van der Waals surface area contributed by atoms with Crippen LogP contribution in [-0.4, -0.2) is 10.5 Å². The van der Waals surface area contributed by atoms with Gasteiger partial charge in [0.2, 0.25) is 0 Å². The van der Waals surface area contributed by atoms with Gasteiger partial charge in [-0.15, -0.1) is 11.8 Å². The second-order valence-corrected chi connectivity index (χ2v) is 7.30. The number of hydrogen-bond donors (Lipinski definition) is 0. The molecule has 0 aromatic carbocycles. The Balaban J connectivity index is 2.21. The molecule has 3 heteroatoms. The minimum Gasteiger partial charge on any atom is -0.145 e. The van der Waals surface area contributed by atoms with Gasteiger partial charge in [0.05, 0.1) is 0 Å². The van der Waals surface area contributed by atoms with Gasteiger partial charge in [0.1, 0.15) is 0 Å². The predicted molar refractivity (Wildman–Crippen MR) is 73.3 cm³/mol. The molecule has 0 bridgehead atoms. The molecule has 0 aromatic heterocycles. The third-order valence-corrected chi connectivity index (χ3v) is 8.89. The largest absolute Gasteiger partial charge is 0.145 e. The van der Waals surface area contributed by atoms with E-state index >= 15 is 0 Å². The molecule has 0 N–H and O–H groups in total. The fourth-order valence-corrected chi connectivity index (χ4v) is 6.06. The highest BCUT2D eigenvalue weighted by molar-refractivity contribution is 14.1. The SMILES string of the molecule is IC1=C(I)C2(CCCCC2)SC1. The summed E-state index contributed by atoms with van der Waals surface area (Å²) in [6.45, 7) is 0. The van der Waals surface area contributed by atoms with Crippen LogP contribution in [0.25, 0.3) is 0 Å². The van der Waals surface area contributed by atoms with Crippen LogP contribution in [0.2, 0.25) is 0 Å². The Morgan fingerprint density at radius 3 is 2.25 bits per heavy atom. The molecule has 2 rings (SSSR count). The van der Waals surface area contributed by atoms with Gasteiger partial charge in [-0.25, -0.2) is 0 Å². The third kappa shape index (κ3) is 1.69. The number of rotatable bonds is 0. The molecule has 0 radical (unpaired) electrons. The summed E-state index contributed by atoms with van der Waals surface area (Å²) in [5, 5.41) is 0. The molecule has 0 aromatic rings. The zero-order valence-electron chi connectivity index (χ0n) is 6.91. The van der Waals surface area contributed by atoms with Gasteiger partial charge in [-0.3, -0.25) is 0 Å². The molecule has 0 saturated heterocycles. The van der Waals surface area contributed by atoms with E-state index in [4.69, 9.17) is 0 Å². The maximum atomic E-state index is 2.58. The third-order valence-electron chi connectivity index (χ3n) is 2.77. The fourth-order valence-electron chi connectivity index (χ4n) is 2.06. The van der Waals surface area contributed by atoms with E-state index in [1.165, 1.54) is 37.9 Å². The Hall–Kier alpha value is 1.55. The van der Waals surface area contributed by atoms with E-state index in [9.17, 15) is 0 Å². The first kappa shape index (κ1) is 10.1. The number of hydrogen-bond acceptors (Lipinski definition) is 1. The molecule has 1 fully saturated rings. The Labute approximate surface area is 106 Å². The van der Waals surface area contributed by atoms with Gasteiger partial charge in [-0.2, -0.15) is 0 Å². The standard InChI is InChI=1S/C9H12I2S/c10-7-6-12-9(8(7)11)4-2-1-3-5-9/h1-6H2. The van der Waals surface area contributed by atoms with Crippen molar-refractivity contribution in [2.75, 3.05) is 5.75 Å². The van der Waals surface area contributed by atoms with Crippen LogP contribution in [-0.2, 0) is 0 Å². The zero-order chi connectivity index (χ0) is 8.60. The minimum atomic E-state index is 0.579. The summed E-state index contributed by atoms with van der Waals surface area (Å²) in [5.74, 6) is 1.28. The summed E-state index contributed by atoms with van der Waals surface area (Å²) in [6.07, 6.45) is 7.22. The van der Waals surface area contributed by atoms with Gasteiger partial charge < -0.3 is 0 Å². The van der Waals surface area contributed by atoms with Crippen LogP contribution >= 0.6 is 56.9 Å². The molecule has 1 saturated carbocycles. The summed E-state index contributed by atoms with van der Waals surface area (Å²) < 4.78 is 3.86. The van der Waals surface area contributed by atoms with Gasteiger partial charge >= 0.3 is 0 Å². The van der Waals surface area contributed by atoms with Crippen LogP contribution in [0.15, 0.2) is 7.16 Å². The average Bonchev–Trinajstić information content (AvgIpc) is 2.37. The van der Waals surface area contributed by atoms with Crippen LogP contribution in [0.1, 0.15) is 32.1 Å². The van der Waals surface area contributed by atoms with Crippen LogP contribution in [0, 0.1) is 0 Å². The highest BCUT2D eigenvalue weighted by atomic mass is 127. The quantitative estimate of drug-likeness (QED) is 0.534. The van der Waals surface area contributed by atoms with Crippen molar-refractivity contribution in [3.05, 3.63) is 7.16 Å². The molecule has 12 heavy (non-hydrogen) atoms. The second-order valence-electron chi connectivity index (χ2n) is 3.56. The lowest BCUT2D eigenvalue weighted by Gasteiger charge is -2.33. The van der Waals surface area contributed by atoms with E-state index in [1.54, 1.807) is 7.16 Å². The van der Waals surface area contributed by atoms with E-state index in [0.717, 1.165) is 0 Å². The fraction of sp³-hybridized carbons (Fsp3) is 0.778. The van der Waals surface area contributed by atoms with E-state index in [-0.39, 0.29) is 0 Å². The summed E-state index contributed by atoms with van der Waals surface area (Å²) >= 11 is 7.30. The van der Waals surface area contributed by atoms with Gasteiger partial charge in [0.25, 0.3) is 0 Å². The van der Waals surface area contributed by atoms with Crippen molar-refractivity contribution in [3.63, 3.8) is 0 Å². The summed E-state index contributed by atoms with van der Waals surface area (Å²) in [7, 11) is 0. The normalized spacial score (nSPS) is 28.5. The molecule has 0 atom stereocenters. The van der Waals surface area contributed by atoms with Crippen molar-refractivity contribution >= 4 is 56.9 Å². The van der Waals surface area contributed by atoms with Crippen LogP contribution < -0.4 is 0 Å². The van der Waals surface area contributed by atoms with Gasteiger partial charge in [-0.1, -0.05) is 19.3 Å². The topological polar surface area (TPSA) is 0 Å². The van der Waals surface area contributed by atoms with Crippen molar-refractivity contribution < 1.29 is 0 Å². The molecule has 1 aliphatic heterocycles. The minimum absolute atomic E-state index is 0.579. The first-order valence-electron chi connectivity index (χ1n) is 4.43. The van der Waals surface area contributed by atoms with Crippen LogP contribution in [0.4, 0.5) is 0 Å². The maximum absolute atomic E-state index is 2.58. The lowest BCUT2D eigenvalue weighted by molar-refractivity contribution is 0.453. The van der Waals surface area contributed by atoms with Gasteiger partial charge in [0.15, 0.2) is 0 Å². The number of thioether (sulfide) groups is 1. The Morgan fingerprint density at radius 2 is 1.75 bits per heavy atom. The van der Waals surface area contributed by atoms with Gasteiger partial charge in [-0.05, 0) is 58.0 Å². The van der Waals surface area contributed by atoms with Crippen LogP contribution in [0.5, 0.6) is 0 Å². The molecule has 1 heterocycles. The monoisotopic (exact) mass is 406 g/mol. The molecular formula is C9H12I2S. The molecule has 0 unspecified atom stereocenters. The van der Waals surface area contributed by atoms with Gasteiger partial charge in [0, 0.05) is 17.7 Å². The second kappa shape index (κ2) is 3.96. The van der Waals surface area contributed by atoms with Crippen molar-refractivity contribution in [1.82, 2.24) is 0 Å². The Kier molecular flexibility index (Phi) is 3.33. The van der Waals surface area contributed by atoms with Crippen LogP contribution in [0.3, 0.4) is 0 Å². The highest BCUT2D eigenvalue weighted by Gasteiger charge is 2.40. The number of halogens is 2. The molecule has 68 valence electrons. The molecular weight excluding hydrogens is 394 g/mol. The van der Waals surface area contributed by atoms with E-state index in [1.807, 2.05) is 0 Å². The smallest absolute Gasteiger partial charge is 0.0476 e. The molecule has 1 spiro atoms. The first-order valence-corrected chi connectivity index (χ1v) is 7.57. The molecule has 0 amide bonds. The summed E-state index contributed by atoms with van der Waals surface area (Å²) in [5.41, 5.74) is 0. The van der Waals surface area contributed by atoms with Crippen molar-refractivity contribution in [1.29, 1.82) is 0 Å². The van der Waals surface area contributed by atoms with Crippen molar-refractivity contribution in [3.8, 4) is 0 Å². The summed E-state index contributed by atoms with van der Waals surface area (Å²) in [6, 6.07) is 0. The Bertz CT molecular complexity index is 217.